The molecule has 5 aromatic rings. The number of imidazole rings is 1. The van der Waals surface area contributed by atoms with E-state index in [2.05, 4.69) is 97.1 Å². The number of para-hydroxylation sites is 1. The van der Waals surface area contributed by atoms with E-state index in [1.54, 1.807) is 5.57 Å². The summed E-state index contributed by atoms with van der Waals surface area (Å²) in [6.45, 7) is 6.86. The Morgan fingerprint density at radius 1 is 0.902 bits per heavy atom. The van der Waals surface area contributed by atoms with Gasteiger partial charge in [0.25, 0.3) is 0 Å². The van der Waals surface area contributed by atoms with E-state index < -0.39 is 0 Å². The Balaban J connectivity index is 0.000000156. The predicted octanol–water partition coefficient (Wildman–Crippen LogP) is 9.03. The van der Waals surface area contributed by atoms with Crippen LogP contribution in [0.2, 0.25) is 0 Å². The van der Waals surface area contributed by atoms with Gasteiger partial charge in [0, 0.05) is 37.9 Å². The summed E-state index contributed by atoms with van der Waals surface area (Å²) in [5.41, 5.74) is 11.6. The van der Waals surface area contributed by atoms with Crippen molar-refractivity contribution in [3.05, 3.63) is 114 Å². The summed E-state index contributed by atoms with van der Waals surface area (Å²) in [6, 6.07) is 32.2. The van der Waals surface area contributed by atoms with Gasteiger partial charge in [-0.05, 0) is 60.9 Å². The minimum Gasteiger partial charge on any atom is -0.358 e. The molecule has 2 aliphatic carbocycles. The van der Waals surface area contributed by atoms with Crippen LogP contribution in [0.5, 0.6) is 0 Å². The van der Waals surface area contributed by atoms with Crippen molar-refractivity contribution in [2.45, 2.75) is 64.3 Å². The van der Waals surface area contributed by atoms with Crippen LogP contribution in [0.25, 0.3) is 39.3 Å². The largest absolute Gasteiger partial charge is 0.358 e. The summed E-state index contributed by atoms with van der Waals surface area (Å²) in [4.78, 5) is 9.46. The van der Waals surface area contributed by atoms with Gasteiger partial charge in [-0.2, -0.15) is 0 Å². The van der Waals surface area contributed by atoms with Crippen molar-refractivity contribution in [3.63, 3.8) is 0 Å². The first-order valence-corrected chi connectivity index (χ1v) is 14.7. The molecule has 8 rings (SSSR count). The van der Waals surface area contributed by atoms with E-state index >= 15 is 0 Å². The molecule has 3 aliphatic rings. The van der Waals surface area contributed by atoms with Gasteiger partial charge < -0.3 is 9.55 Å². The Kier molecular flexibility index (Phi) is 7.57. The number of hydrogen-bond acceptors (Lipinski definition) is 2. The molecule has 1 radical (unpaired) electrons. The summed E-state index contributed by atoms with van der Waals surface area (Å²) < 4.78 is 2.40. The zero-order valence-corrected chi connectivity index (χ0v) is 26.3. The fourth-order valence-electron chi connectivity index (χ4n) is 7.09. The van der Waals surface area contributed by atoms with Gasteiger partial charge in [-0.3, -0.25) is 4.98 Å². The number of nitrogens with zero attached hydrogens (tertiary/aromatic N) is 3. The molecule has 3 nitrogen and oxygen atoms in total. The second kappa shape index (κ2) is 11.2. The molecule has 1 fully saturated rings. The van der Waals surface area contributed by atoms with Crippen LogP contribution in [0.1, 0.15) is 69.2 Å². The topological polar surface area (TPSA) is 30.7 Å². The van der Waals surface area contributed by atoms with E-state index in [4.69, 9.17) is 4.98 Å². The van der Waals surface area contributed by atoms with Crippen molar-refractivity contribution < 1.29 is 20.1 Å². The van der Waals surface area contributed by atoms with E-state index in [0.29, 0.717) is 6.04 Å². The van der Waals surface area contributed by atoms with Crippen LogP contribution in [0, 0.1) is 18.1 Å². The number of hydrogen-bond donors (Lipinski definition) is 0. The Morgan fingerprint density at radius 2 is 1.73 bits per heavy atom. The monoisotopic (exact) mass is 714 g/mol. The third-order valence-corrected chi connectivity index (χ3v) is 8.94. The summed E-state index contributed by atoms with van der Waals surface area (Å²) in [5, 5.41) is 0. The van der Waals surface area contributed by atoms with Crippen LogP contribution >= 0.6 is 0 Å². The van der Waals surface area contributed by atoms with Crippen LogP contribution in [0.4, 0.5) is 0 Å². The van der Waals surface area contributed by atoms with E-state index in [1.165, 1.54) is 53.5 Å². The van der Waals surface area contributed by atoms with Crippen molar-refractivity contribution in [1.29, 1.82) is 0 Å². The van der Waals surface area contributed by atoms with Crippen LogP contribution < -0.4 is 0 Å². The Labute approximate surface area is 257 Å². The number of allylic oxidation sites excluding steroid dienone is 2. The molecule has 209 valence electrons. The van der Waals surface area contributed by atoms with E-state index in [0.717, 1.165) is 34.9 Å². The maximum Gasteiger partial charge on any atom is 0.0777 e. The maximum absolute atomic E-state index is 4.96. The molecule has 0 N–H and O–H groups in total. The fourth-order valence-corrected chi connectivity index (χ4v) is 7.09. The molecule has 1 atom stereocenters. The van der Waals surface area contributed by atoms with Crippen molar-refractivity contribution in [2.75, 3.05) is 0 Å². The zero-order valence-electron chi connectivity index (χ0n) is 23.9. The van der Waals surface area contributed by atoms with Gasteiger partial charge in [0.2, 0.25) is 0 Å². The van der Waals surface area contributed by atoms with Crippen LogP contribution in [-0.2, 0) is 31.9 Å². The quantitative estimate of drug-likeness (QED) is 0.171. The van der Waals surface area contributed by atoms with Crippen molar-refractivity contribution >= 4 is 16.6 Å². The Bertz CT molecular complexity index is 1720. The number of aromatic nitrogens is 3. The van der Waals surface area contributed by atoms with Gasteiger partial charge in [0.1, 0.15) is 0 Å². The predicted molar refractivity (Wildman–Crippen MR) is 164 cm³/mol. The van der Waals surface area contributed by atoms with E-state index in [9.17, 15) is 0 Å². The number of pyridine rings is 1. The standard InChI is InChI=1S/C22H21N2.C15H14N.Ir/c1-15-14-19(16-8-5-6-9-16)18-12-7-13-20-21(18)24(15)22(23-20)17-10-3-2-4-11-17;1-15(2)10-11-6-5-9-16-14(11)12-7-3-4-8-13(12)15;/h2-4,7,10,12-16H,5-6,8-9H2,1H3;3-6,8-9H,10H2,1-2H3;/q2*-1;. The third-order valence-electron chi connectivity index (χ3n) is 8.94. The molecular weight excluding hydrogens is 679 g/mol. The molecule has 4 heteroatoms. The zero-order chi connectivity index (χ0) is 27.3. The van der Waals surface area contributed by atoms with Crippen LogP contribution in [-0.4, -0.2) is 14.5 Å². The van der Waals surface area contributed by atoms with E-state index in [1.807, 2.05) is 30.5 Å². The van der Waals surface area contributed by atoms with Gasteiger partial charge in [0.15, 0.2) is 0 Å². The van der Waals surface area contributed by atoms with Crippen molar-refractivity contribution in [3.8, 4) is 22.6 Å². The minimum atomic E-state index is 0. The Hall–Kier alpha value is -3.33. The number of benzene rings is 3. The van der Waals surface area contributed by atoms with Crippen LogP contribution in [0.3, 0.4) is 0 Å². The normalized spacial score (nSPS) is 18.4. The van der Waals surface area contributed by atoms with Gasteiger partial charge in [-0.15, -0.1) is 71.3 Å². The average molecular weight is 714 g/mol. The minimum absolute atomic E-state index is 0. The first-order valence-electron chi connectivity index (χ1n) is 14.7. The molecule has 2 aromatic heterocycles. The SMILES string of the molecule is CC1(C)Cc2cccnc2-c2[c-]cccc21.CC1C=C(C2CCCC2)c2cccc3nc(-c4[c-]cccc4)n1c23.[Ir]. The first kappa shape index (κ1) is 27.8. The van der Waals surface area contributed by atoms with Gasteiger partial charge in [0.05, 0.1) is 16.9 Å². The molecule has 41 heavy (non-hydrogen) atoms. The summed E-state index contributed by atoms with van der Waals surface area (Å²) in [7, 11) is 0. The number of rotatable bonds is 2. The molecular formula is C37H35IrN3-2. The third kappa shape index (κ3) is 4.92. The molecule has 1 saturated carbocycles. The molecule has 0 amide bonds. The maximum atomic E-state index is 4.96. The summed E-state index contributed by atoms with van der Waals surface area (Å²) in [6.07, 6.45) is 10.8. The summed E-state index contributed by atoms with van der Waals surface area (Å²) in [5.74, 6) is 1.76. The second-order valence-electron chi connectivity index (χ2n) is 12.1. The van der Waals surface area contributed by atoms with Crippen LogP contribution in [0.15, 0.2) is 85.1 Å². The average Bonchev–Trinajstić information content (AvgIpc) is 3.65. The molecule has 3 heterocycles. The molecule has 0 saturated heterocycles. The molecule has 1 aliphatic heterocycles. The van der Waals surface area contributed by atoms with Crippen molar-refractivity contribution in [2.24, 2.45) is 5.92 Å². The van der Waals surface area contributed by atoms with E-state index in [-0.39, 0.29) is 25.5 Å². The second-order valence-corrected chi connectivity index (χ2v) is 12.1. The van der Waals surface area contributed by atoms with Gasteiger partial charge in [-0.1, -0.05) is 56.5 Å². The fraction of sp³-hybridized carbons (Fsp3) is 0.297. The molecule has 1 unspecified atom stereocenters. The Morgan fingerprint density at radius 3 is 2.54 bits per heavy atom. The van der Waals surface area contributed by atoms with Crippen molar-refractivity contribution in [1.82, 2.24) is 14.5 Å². The smallest absolute Gasteiger partial charge is 0.0777 e. The van der Waals surface area contributed by atoms with Gasteiger partial charge >= 0.3 is 0 Å². The number of fused-ring (bicyclic) bond motifs is 3. The van der Waals surface area contributed by atoms with Gasteiger partial charge in [-0.25, -0.2) is 0 Å². The first-order chi connectivity index (χ1) is 19.5. The molecule has 0 spiro atoms. The summed E-state index contributed by atoms with van der Waals surface area (Å²) >= 11 is 0. The molecule has 3 aromatic carbocycles. The molecule has 0 bridgehead atoms.